The van der Waals surface area contributed by atoms with E-state index in [4.69, 9.17) is 9.47 Å². The average molecular weight is 299 g/mol. The molecule has 0 aliphatic heterocycles. The van der Waals surface area contributed by atoms with E-state index in [1.807, 2.05) is 18.2 Å². The Balaban J connectivity index is 2.34. The Morgan fingerprint density at radius 3 is 2.29 bits per heavy atom. The molecule has 1 aromatic rings. The van der Waals surface area contributed by atoms with Gasteiger partial charge in [-0.3, -0.25) is 0 Å². The predicted octanol–water partition coefficient (Wildman–Crippen LogP) is 4.12. The molecule has 0 radical (unpaired) electrons. The van der Waals surface area contributed by atoms with Crippen LogP contribution in [0.1, 0.15) is 37.2 Å². The minimum absolute atomic E-state index is 0.541. The van der Waals surface area contributed by atoms with Gasteiger partial charge in [-0.05, 0) is 37.3 Å². The Hall–Kier alpha value is -0.700. The fourth-order valence-corrected chi connectivity index (χ4v) is 3.45. The van der Waals surface area contributed by atoms with Crippen molar-refractivity contribution in [2.75, 3.05) is 14.2 Å². The lowest BCUT2D eigenvalue weighted by molar-refractivity contribution is 0.362. The maximum atomic E-state index is 5.48. The molecule has 17 heavy (non-hydrogen) atoms. The third-order valence-electron chi connectivity index (χ3n) is 3.48. The summed E-state index contributed by atoms with van der Waals surface area (Å²) in [5, 5.41) is 0. The second-order valence-electron chi connectivity index (χ2n) is 4.54. The molecule has 0 amide bonds. The summed E-state index contributed by atoms with van der Waals surface area (Å²) in [5.74, 6) is 2.45. The van der Waals surface area contributed by atoms with Crippen LogP contribution in [-0.2, 0) is 0 Å². The average Bonchev–Trinajstić information content (AvgIpc) is 2.37. The van der Waals surface area contributed by atoms with Gasteiger partial charge in [0.1, 0.15) is 11.5 Å². The van der Waals surface area contributed by atoms with Gasteiger partial charge in [0.05, 0.1) is 14.2 Å². The van der Waals surface area contributed by atoms with Gasteiger partial charge in [-0.25, -0.2) is 0 Å². The normalized spacial score (nSPS) is 24.4. The van der Waals surface area contributed by atoms with Gasteiger partial charge in [0, 0.05) is 10.4 Å². The van der Waals surface area contributed by atoms with Crippen LogP contribution in [-0.4, -0.2) is 19.0 Å². The highest BCUT2D eigenvalue weighted by Gasteiger charge is 2.26. The fraction of sp³-hybridized carbons (Fsp3) is 0.571. The van der Waals surface area contributed by atoms with Crippen LogP contribution in [0.5, 0.6) is 11.5 Å². The van der Waals surface area contributed by atoms with E-state index in [2.05, 4.69) is 15.9 Å². The van der Waals surface area contributed by atoms with Gasteiger partial charge >= 0.3 is 0 Å². The van der Waals surface area contributed by atoms with Crippen LogP contribution in [0, 0.1) is 0 Å². The van der Waals surface area contributed by atoms with E-state index >= 15 is 0 Å². The van der Waals surface area contributed by atoms with Gasteiger partial charge in [0.2, 0.25) is 0 Å². The number of benzene rings is 1. The highest BCUT2D eigenvalue weighted by molar-refractivity contribution is 9.09. The molecule has 1 aliphatic carbocycles. The molecule has 2 rings (SSSR count). The van der Waals surface area contributed by atoms with Crippen molar-refractivity contribution >= 4 is 15.9 Å². The number of rotatable bonds is 3. The quantitative estimate of drug-likeness (QED) is 0.781. The standard InChI is InChI=1S/C14H19BrO2/c1-16-12-7-4-8-13(17-2)14(12)10-5-3-6-11(15)9-10/h4,7-8,10-11H,3,5-6,9H2,1-2H3. The topological polar surface area (TPSA) is 18.5 Å². The van der Waals surface area contributed by atoms with E-state index < -0.39 is 0 Å². The molecule has 0 spiro atoms. The van der Waals surface area contributed by atoms with Crippen LogP contribution in [0.15, 0.2) is 18.2 Å². The first-order valence-electron chi connectivity index (χ1n) is 6.11. The van der Waals surface area contributed by atoms with Crippen molar-refractivity contribution in [2.24, 2.45) is 0 Å². The molecular formula is C14H19BrO2. The first-order chi connectivity index (χ1) is 8.26. The van der Waals surface area contributed by atoms with Crippen LogP contribution in [0.2, 0.25) is 0 Å². The maximum absolute atomic E-state index is 5.48. The van der Waals surface area contributed by atoms with Crippen molar-refractivity contribution in [3.63, 3.8) is 0 Å². The molecule has 2 atom stereocenters. The molecule has 1 aromatic carbocycles. The lowest BCUT2D eigenvalue weighted by Crippen LogP contribution is -2.15. The monoisotopic (exact) mass is 298 g/mol. The van der Waals surface area contributed by atoms with Gasteiger partial charge in [0.15, 0.2) is 0 Å². The summed E-state index contributed by atoms with van der Waals surface area (Å²) in [7, 11) is 3.46. The van der Waals surface area contributed by atoms with E-state index in [9.17, 15) is 0 Å². The van der Waals surface area contributed by atoms with Crippen LogP contribution in [0.4, 0.5) is 0 Å². The molecule has 1 fully saturated rings. The summed E-state index contributed by atoms with van der Waals surface area (Å²) in [4.78, 5) is 0.621. The van der Waals surface area contributed by atoms with Crippen molar-refractivity contribution in [3.8, 4) is 11.5 Å². The lowest BCUT2D eigenvalue weighted by atomic mass is 9.83. The number of ether oxygens (including phenoxy) is 2. The first kappa shape index (κ1) is 12.7. The van der Waals surface area contributed by atoms with Gasteiger partial charge in [0.25, 0.3) is 0 Å². The number of hydrogen-bond acceptors (Lipinski definition) is 2. The Bertz CT molecular complexity index is 356. The summed E-state index contributed by atoms with van der Waals surface area (Å²) in [6, 6.07) is 6.03. The zero-order valence-electron chi connectivity index (χ0n) is 10.4. The molecule has 2 unspecified atom stereocenters. The van der Waals surface area contributed by atoms with Gasteiger partial charge in [-0.15, -0.1) is 0 Å². The third kappa shape index (κ3) is 2.76. The maximum Gasteiger partial charge on any atom is 0.126 e. The Morgan fingerprint density at radius 2 is 1.76 bits per heavy atom. The largest absolute Gasteiger partial charge is 0.496 e. The molecular weight excluding hydrogens is 280 g/mol. The SMILES string of the molecule is COc1cccc(OC)c1C1CCCC(Br)C1. The van der Waals surface area contributed by atoms with E-state index in [1.165, 1.54) is 24.8 Å². The molecule has 94 valence electrons. The van der Waals surface area contributed by atoms with Crippen molar-refractivity contribution in [1.82, 2.24) is 0 Å². The molecule has 3 heteroatoms. The van der Waals surface area contributed by atoms with Crippen molar-refractivity contribution < 1.29 is 9.47 Å². The Kier molecular flexibility index (Phi) is 4.32. The fourth-order valence-electron chi connectivity index (χ4n) is 2.67. The smallest absolute Gasteiger partial charge is 0.126 e. The lowest BCUT2D eigenvalue weighted by Gasteiger charge is -2.28. The van der Waals surface area contributed by atoms with E-state index in [1.54, 1.807) is 14.2 Å². The van der Waals surface area contributed by atoms with Crippen LogP contribution < -0.4 is 9.47 Å². The summed E-state index contributed by atoms with van der Waals surface area (Å²) >= 11 is 3.74. The number of methoxy groups -OCH3 is 2. The summed E-state index contributed by atoms with van der Waals surface area (Å²) in [6.07, 6.45) is 4.92. The second-order valence-corrected chi connectivity index (χ2v) is 5.83. The van der Waals surface area contributed by atoms with Crippen molar-refractivity contribution in [1.29, 1.82) is 0 Å². The third-order valence-corrected chi connectivity index (χ3v) is 4.32. The Labute approximate surface area is 111 Å². The zero-order valence-corrected chi connectivity index (χ0v) is 12.0. The molecule has 0 heterocycles. The van der Waals surface area contributed by atoms with Crippen LogP contribution in [0.25, 0.3) is 0 Å². The van der Waals surface area contributed by atoms with E-state index in [0.29, 0.717) is 10.7 Å². The summed E-state index contributed by atoms with van der Waals surface area (Å²) < 4.78 is 11.0. The minimum Gasteiger partial charge on any atom is -0.496 e. The first-order valence-corrected chi connectivity index (χ1v) is 7.02. The highest BCUT2D eigenvalue weighted by Crippen LogP contribution is 2.43. The molecule has 0 bridgehead atoms. The van der Waals surface area contributed by atoms with Gasteiger partial charge in [-0.2, -0.15) is 0 Å². The van der Waals surface area contributed by atoms with Crippen molar-refractivity contribution in [2.45, 2.75) is 36.4 Å². The van der Waals surface area contributed by atoms with E-state index in [0.717, 1.165) is 17.9 Å². The van der Waals surface area contributed by atoms with Gasteiger partial charge < -0.3 is 9.47 Å². The van der Waals surface area contributed by atoms with Gasteiger partial charge in [-0.1, -0.05) is 28.4 Å². The second kappa shape index (κ2) is 5.76. The van der Waals surface area contributed by atoms with Crippen molar-refractivity contribution in [3.05, 3.63) is 23.8 Å². The molecule has 0 N–H and O–H groups in total. The number of halogens is 1. The molecule has 1 saturated carbocycles. The van der Waals surface area contributed by atoms with E-state index in [-0.39, 0.29) is 0 Å². The minimum atomic E-state index is 0.541. The highest BCUT2D eigenvalue weighted by atomic mass is 79.9. The summed E-state index contributed by atoms with van der Waals surface area (Å²) in [6.45, 7) is 0. The molecule has 2 nitrogen and oxygen atoms in total. The molecule has 0 aromatic heterocycles. The number of hydrogen-bond donors (Lipinski definition) is 0. The zero-order chi connectivity index (χ0) is 12.3. The molecule has 0 saturated heterocycles. The number of alkyl halides is 1. The summed E-state index contributed by atoms with van der Waals surface area (Å²) in [5.41, 5.74) is 1.24. The predicted molar refractivity (Wildman–Crippen MR) is 73.5 cm³/mol. The molecule has 1 aliphatic rings. The van der Waals surface area contributed by atoms with Crippen LogP contribution in [0.3, 0.4) is 0 Å². The van der Waals surface area contributed by atoms with Crippen LogP contribution >= 0.6 is 15.9 Å². The Morgan fingerprint density at radius 1 is 1.12 bits per heavy atom.